The van der Waals surface area contributed by atoms with Crippen molar-refractivity contribution in [3.8, 4) is 0 Å². The van der Waals surface area contributed by atoms with Gasteiger partial charge in [-0.15, -0.1) is 0 Å². The minimum atomic E-state index is -0.324. The molecular weight excluding hydrogens is 469 g/mol. The van der Waals surface area contributed by atoms with Crippen molar-refractivity contribution in [1.29, 1.82) is 0 Å². The van der Waals surface area contributed by atoms with E-state index in [-0.39, 0.29) is 23.8 Å². The lowest BCUT2D eigenvalue weighted by Gasteiger charge is -2.18. The fraction of sp³-hybridized carbons (Fsp3) is 0.318. The van der Waals surface area contributed by atoms with Crippen molar-refractivity contribution in [2.24, 2.45) is 0 Å². The monoisotopic (exact) mass is 491 g/mol. The number of para-hydroxylation sites is 1. The molecule has 0 bridgehead atoms. The number of rotatable bonds is 8. The Morgan fingerprint density at radius 2 is 1.97 bits per heavy atom. The molecule has 0 saturated heterocycles. The number of amides is 1. The Bertz CT molecular complexity index is 1170. The third-order valence-corrected chi connectivity index (χ3v) is 5.82. The van der Waals surface area contributed by atoms with E-state index in [0.717, 1.165) is 22.8 Å². The van der Waals surface area contributed by atoms with E-state index in [1.807, 2.05) is 18.2 Å². The van der Waals surface area contributed by atoms with Gasteiger partial charge in [0.25, 0.3) is 5.56 Å². The third kappa shape index (κ3) is 5.43. The van der Waals surface area contributed by atoms with Crippen molar-refractivity contribution in [3.63, 3.8) is 0 Å². The van der Waals surface area contributed by atoms with Crippen molar-refractivity contribution in [2.45, 2.75) is 38.8 Å². The van der Waals surface area contributed by atoms with E-state index in [1.54, 1.807) is 29.8 Å². The second-order valence-electron chi connectivity index (χ2n) is 7.23. The maximum absolute atomic E-state index is 13.9. The summed E-state index contributed by atoms with van der Waals surface area (Å²) >= 11 is 8.64. The van der Waals surface area contributed by atoms with Gasteiger partial charge in [-0.3, -0.25) is 14.2 Å². The summed E-state index contributed by atoms with van der Waals surface area (Å²) in [6.07, 6.45) is 2.61. The number of H-pyrrole nitrogens is 1. The molecule has 1 N–H and O–H groups in total. The SMILES string of the molecule is CN(Cc1cc(Br)ccc1F)C(=O)CCCCCn1c(=S)[nH]c2ccccc2c1=O. The van der Waals surface area contributed by atoms with Crippen molar-refractivity contribution in [2.75, 3.05) is 7.05 Å². The fourth-order valence-electron chi connectivity index (χ4n) is 3.32. The van der Waals surface area contributed by atoms with Gasteiger partial charge in [-0.25, -0.2) is 4.39 Å². The van der Waals surface area contributed by atoms with Crippen LogP contribution < -0.4 is 5.56 Å². The minimum Gasteiger partial charge on any atom is -0.341 e. The van der Waals surface area contributed by atoms with Gasteiger partial charge in [0.15, 0.2) is 4.77 Å². The highest BCUT2D eigenvalue weighted by molar-refractivity contribution is 9.10. The van der Waals surface area contributed by atoms with E-state index in [0.29, 0.717) is 35.1 Å². The number of benzene rings is 2. The number of halogens is 2. The van der Waals surface area contributed by atoms with Crippen LogP contribution in [0.5, 0.6) is 0 Å². The van der Waals surface area contributed by atoms with Crippen molar-refractivity contribution in [3.05, 3.63) is 73.4 Å². The van der Waals surface area contributed by atoms with Crippen LogP contribution in [-0.2, 0) is 17.9 Å². The van der Waals surface area contributed by atoms with Gasteiger partial charge in [0, 0.05) is 36.6 Å². The van der Waals surface area contributed by atoms with Gasteiger partial charge in [-0.1, -0.05) is 34.5 Å². The van der Waals surface area contributed by atoms with Gasteiger partial charge in [0.1, 0.15) is 5.82 Å². The lowest BCUT2D eigenvalue weighted by Crippen LogP contribution is -2.26. The van der Waals surface area contributed by atoms with Crippen LogP contribution in [0, 0.1) is 10.6 Å². The number of nitrogens with zero attached hydrogens (tertiary/aromatic N) is 2. The van der Waals surface area contributed by atoms with E-state index >= 15 is 0 Å². The zero-order chi connectivity index (χ0) is 21.7. The molecule has 0 fully saturated rings. The molecule has 158 valence electrons. The molecule has 1 amide bonds. The number of carbonyl (C=O) groups excluding carboxylic acids is 1. The van der Waals surface area contributed by atoms with Gasteiger partial charge >= 0.3 is 0 Å². The van der Waals surface area contributed by atoms with E-state index < -0.39 is 0 Å². The van der Waals surface area contributed by atoms with E-state index in [4.69, 9.17) is 12.2 Å². The number of hydrogen-bond acceptors (Lipinski definition) is 3. The van der Waals surface area contributed by atoms with E-state index in [9.17, 15) is 14.0 Å². The Labute approximate surface area is 187 Å². The zero-order valence-corrected chi connectivity index (χ0v) is 19.1. The summed E-state index contributed by atoms with van der Waals surface area (Å²) in [5.74, 6) is -0.357. The van der Waals surface area contributed by atoms with Crippen LogP contribution in [0.25, 0.3) is 10.9 Å². The van der Waals surface area contributed by atoms with E-state index in [1.165, 1.54) is 11.0 Å². The number of aromatic amines is 1. The van der Waals surface area contributed by atoms with Crippen LogP contribution in [0.4, 0.5) is 4.39 Å². The molecule has 0 saturated carbocycles. The van der Waals surface area contributed by atoms with Crippen LogP contribution in [0.1, 0.15) is 31.2 Å². The average molecular weight is 492 g/mol. The molecule has 3 aromatic rings. The van der Waals surface area contributed by atoms with Gasteiger partial charge in [-0.05, 0) is 55.4 Å². The number of hydrogen-bond donors (Lipinski definition) is 1. The van der Waals surface area contributed by atoms with Crippen LogP contribution in [0.2, 0.25) is 0 Å². The molecule has 0 aliphatic heterocycles. The molecule has 0 atom stereocenters. The van der Waals surface area contributed by atoms with Gasteiger partial charge in [0.05, 0.1) is 10.9 Å². The predicted molar refractivity (Wildman–Crippen MR) is 122 cm³/mol. The molecule has 5 nitrogen and oxygen atoms in total. The van der Waals surface area contributed by atoms with Crippen LogP contribution >= 0.6 is 28.1 Å². The molecule has 0 radical (unpaired) electrons. The summed E-state index contributed by atoms with van der Waals surface area (Å²) in [5.41, 5.74) is 1.12. The lowest BCUT2D eigenvalue weighted by molar-refractivity contribution is -0.130. The molecule has 3 rings (SSSR count). The first-order valence-electron chi connectivity index (χ1n) is 9.76. The standard InChI is InChI=1S/C22H23BrFN3O2S/c1-26(14-15-13-16(23)10-11-18(15)24)20(28)9-3-2-6-12-27-21(29)17-7-4-5-8-19(17)25-22(27)30/h4-5,7-8,10-11,13H,2-3,6,9,12,14H2,1H3,(H,25,30). The number of nitrogens with one attached hydrogen (secondary N) is 1. The highest BCUT2D eigenvalue weighted by Gasteiger charge is 2.12. The van der Waals surface area contributed by atoms with Crippen molar-refractivity contribution < 1.29 is 9.18 Å². The highest BCUT2D eigenvalue weighted by atomic mass is 79.9. The number of fused-ring (bicyclic) bond motifs is 1. The smallest absolute Gasteiger partial charge is 0.262 e. The maximum Gasteiger partial charge on any atom is 0.262 e. The zero-order valence-electron chi connectivity index (χ0n) is 16.7. The van der Waals surface area contributed by atoms with Crippen LogP contribution in [0.15, 0.2) is 51.7 Å². The molecule has 0 unspecified atom stereocenters. The Morgan fingerprint density at radius 1 is 1.20 bits per heavy atom. The molecule has 1 heterocycles. The summed E-state index contributed by atoms with van der Waals surface area (Å²) in [6, 6.07) is 12.0. The Balaban J connectivity index is 1.49. The van der Waals surface area contributed by atoms with Crippen LogP contribution in [0.3, 0.4) is 0 Å². The first-order chi connectivity index (χ1) is 14.4. The Morgan fingerprint density at radius 3 is 2.77 bits per heavy atom. The largest absolute Gasteiger partial charge is 0.341 e. The Hall–Kier alpha value is -2.32. The summed E-state index contributed by atoms with van der Waals surface area (Å²) in [7, 11) is 1.68. The number of carbonyl (C=O) groups is 1. The van der Waals surface area contributed by atoms with Crippen LogP contribution in [-0.4, -0.2) is 27.4 Å². The molecule has 0 aliphatic rings. The first kappa shape index (κ1) is 22.4. The number of unbranched alkanes of at least 4 members (excludes halogenated alkanes) is 2. The summed E-state index contributed by atoms with van der Waals surface area (Å²) < 4.78 is 16.6. The molecule has 2 aromatic carbocycles. The first-order valence-corrected chi connectivity index (χ1v) is 11.0. The molecule has 0 aliphatic carbocycles. The molecule has 30 heavy (non-hydrogen) atoms. The quantitative estimate of drug-likeness (QED) is 0.348. The maximum atomic E-state index is 13.9. The van der Waals surface area contributed by atoms with Crippen molar-refractivity contribution >= 4 is 45.0 Å². The molecular formula is C22H23BrFN3O2S. The normalized spacial score (nSPS) is 11.0. The number of aromatic nitrogens is 2. The van der Waals surface area contributed by atoms with Gasteiger partial charge < -0.3 is 9.88 Å². The molecule has 0 spiro atoms. The average Bonchev–Trinajstić information content (AvgIpc) is 2.72. The Kier molecular flexibility index (Phi) is 7.55. The van der Waals surface area contributed by atoms with Crippen molar-refractivity contribution in [1.82, 2.24) is 14.5 Å². The molecule has 8 heteroatoms. The van der Waals surface area contributed by atoms with E-state index in [2.05, 4.69) is 20.9 Å². The predicted octanol–water partition coefficient (Wildman–Crippen LogP) is 5.18. The second-order valence-corrected chi connectivity index (χ2v) is 8.53. The highest BCUT2D eigenvalue weighted by Crippen LogP contribution is 2.17. The fourth-order valence-corrected chi connectivity index (χ4v) is 4.02. The second kappa shape index (κ2) is 10.1. The summed E-state index contributed by atoms with van der Waals surface area (Å²) in [4.78, 5) is 29.6. The third-order valence-electron chi connectivity index (χ3n) is 5.00. The lowest BCUT2D eigenvalue weighted by atomic mass is 10.1. The topological polar surface area (TPSA) is 58.1 Å². The molecule has 1 aromatic heterocycles. The summed E-state index contributed by atoms with van der Waals surface area (Å²) in [6.45, 7) is 0.734. The van der Waals surface area contributed by atoms with Gasteiger partial charge in [-0.2, -0.15) is 0 Å². The van der Waals surface area contributed by atoms with Gasteiger partial charge in [0.2, 0.25) is 5.91 Å². The summed E-state index contributed by atoms with van der Waals surface area (Å²) in [5, 5.41) is 0.614. The minimum absolute atomic E-state index is 0.0328.